The van der Waals surface area contributed by atoms with E-state index in [1.54, 1.807) is 19.1 Å². The Morgan fingerprint density at radius 3 is 2.38 bits per heavy atom. The zero-order chi connectivity index (χ0) is 16.3. The van der Waals surface area contributed by atoms with Crippen LogP contribution in [0.5, 0.6) is 5.75 Å². The Labute approximate surface area is 138 Å². The molecular weight excluding hydrogens is 304 g/mol. The normalized spacial score (nSPS) is 14.1. The van der Waals surface area contributed by atoms with Crippen LogP contribution in [0.15, 0.2) is 12.3 Å². The molecule has 1 aromatic rings. The van der Waals surface area contributed by atoms with Gasteiger partial charge >= 0.3 is 0 Å². The summed E-state index contributed by atoms with van der Waals surface area (Å²) in [5.41, 5.74) is 1.27. The van der Waals surface area contributed by atoms with Crippen molar-refractivity contribution in [2.45, 2.75) is 58.8 Å². The SMILES string of the molecule is COc1cc(C[C@H](NSC(C)(C)C)C(C)(C)C)cnc1Cl. The Balaban J connectivity index is 2.86. The first kappa shape index (κ1) is 18.6. The van der Waals surface area contributed by atoms with Gasteiger partial charge < -0.3 is 4.74 Å². The molecule has 1 atom stereocenters. The number of hydrogen-bond donors (Lipinski definition) is 1. The second kappa shape index (κ2) is 7.21. The van der Waals surface area contributed by atoms with Crippen molar-refractivity contribution in [2.75, 3.05) is 7.11 Å². The second-order valence-corrected chi connectivity index (χ2v) is 9.31. The third-order valence-corrected chi connectivity index (χ3v) is 4.37. The van der Waals surface area contributed by atoms with Gasteiger partial charge in [0.05, 0.1) is 7.11 Å². The Morgan fingerprint density at radius 2 is 1.90 bits per heavy atom. The number of pyridine rings is 1. The first-order valence-corrected chi connectivity index (χ1v) is 8.34. The maximum absolute atomic E-state index is 5.99. The number of methoxy groups -OCH3 is 1. The number of halogens is 1. The number of hydrogen-bond acceptors (Lipinski definition) is 4. The molecule has 0 amide bonds. The molecular formula is C16H27ClN2OS. The molecule has 0 fully saturated rings. The Bertz CT molecular complexity index is 466. The lowest BCUT2D eigenvalue weighted by molar-refractivity contribution is 0.301. The van der Waals surface area contributed by atoms with Crippen LogP contribution in [-0.4, -0.2) is 22.9 Å². The third kappa shape index (κ3) is 6.45. The Hall–Kier alpha value is -0.450. The molecule has 0 spiro atoms. The average Bonchev–Trinajstić information content (AvgIpc) is 2.33. The predicted octanol–water partition coefficient (Wildman–Crippen LogP) is 4.74. The fraction of sp³-hybridized carbons (Fsp3) is 0.688. The van der Waals surface area contributed by atoms with Crippen LogP contribution in [0.2, 0.25) is 5.15 Å². The van der Waals surface area contributed by atoms with Crippen LogP contribution in [-0.2, 0) is 6.42 Å². The predicted molar refractivity (Wildman–Crippen MR) is 93.2 cm³/mol. The van der Waals surface area contributed by atoms with E-state index >= 15 is 0 Å². The molecule has 1 N–H and O–H groups in total. The summed E-state index contributed by atoms with van der Waals surface area (Å²) in [5.74, 6) is 0.630. The lowest BCUT2D eigenvalue weighted by Crippen LogP contribution is -2.40. The minimum atomic E-state index is 0.144. The molecule has 0 aliphatic rings. The molecule has 0 aromatic carbocycles. The first-order valence-electron chi connectivity index (χ1n) is 7.15. The fourth-order valence-electron chi connectivity index (χ4n) is 1.73. The van der Waals surface area contributed by atoms with Gasteiger partial charge in [-0.15, -0.1) is 0 Å². The summed E-state index contributed by atoms with van der Waals surface area (Å²) < 4.78 is 9.04. The van der Waals surface area contributed by atoms with E-state index in [1.165, 1.54) is 0 Å². The molecule has 3 nitrogen and oxygen atoms in total. The van der Waals surface area contributed by atoms with Crippen LogP contribution in [0.25, 0.3) is 0 Å². The van der Waals surface area contributed by atoms with Crippen molar-refractivity contribution in [1.29, 1.82) is 0 Å². The molecule has 0 radical (unpaired) electrons. The van der Waals surface area contributed by atoms with E-state index in [2.05, 4.69) is 51.2 Å². The van der Waals surface area contributed by atoms with Crippen molar-refractivity contribution in [1.82, 2.24) is 9.71 Å². The fourth-order valence-corrected chi connectivity index (χ4v) is 2.84. The molecule has 0 aliphatic carbocycles. The molecule has 1 aromatic heterocycles. The average molecular weight is 331 g/mol. The van der Waals surface area contributed by atoms with Crippen molar-refractivity contribution in [3.63, 3.8) is 0 Å². The minimum absolute atomic E-state index is 0.144. The molecule has 120 valence electrons. The van der Waals surface area contributed by atoms with Crippen LogP contribution >= 0.6 is 23.5 Å². The zero-order valence-corrected chi connectivity index (χ0v) is 15.7. The number of nitrogens with one attached hydrogen (secondary N) is 1. The highest BCUT2D eigenvalue weighted by Crippen LogP contribution is 2.30. The van der Waals surface area contributed by atoms with Gasteiger partial charge in [-0.3, -0.25) is 4.72 Å². The van der Waals surface area contributed by atoms with Crippen molar-refractivity contribution in [2.24, 2.45) is 5.41 Å². The number of ether oxygens (including phenoxy) is 1. The largest absolute Gasteiger partial charge is 0.494 e. The summed E-state index contributed by atoms with van der Waals surface area (Å²) in [6.07, 6.45) is 2.71. The van der Waals surface area contributed by atoms with Gasteiger partial charge in [0.2, 0.25) is 0 Å². The van der Waals surface area contributed by atoms with Gasteiger partial charge in [0.15, 0.2) is 10.9 Å². The highest BCUT2D eigenvalue weighted by atomic mass is 35.5. The van der Waals surface area contributed by atoms with Crippen LogP contribution in [0.4, 0.5) is 0 Å². The summed E-state index contributed by atoms with van der Waals surface area (Å²) in [7, 11) is 1.61. The summed E-state index contributed by atoms with van der Waals surface area (Å²) in [6, 6.07) is 2.30. The maximum atomic E-state index is 5.99. The lowest BCUT2D eigenvalue weighted by Gasteiger charge is -2.33. The van der Waals surface area contributed by atoms with E-state index in [0.29, 0.717) is 16.9 Å². The van der Waals surface area contributed by atoms with E-state index in [-0.39, 0.29) is 10.2 Å². The summed E-state index contributed by atoms with van der Waals surface area (Å²) in [4.78, 5) is 4.20. The zero-order valence-electron chi connectivity index (χ0n) is 14.1. The molecule has 0 saturated heterocycles. The van der Waals surface area contributed by atoms with Gasteiger partial charge in [-0.2, -0.15) is 0 Å². The molecule has 21 heavy (non-hydrogen) atoms. The van der Waals surface area contributed by atoms with Gasteiger partial charge in [-0.25, -0.2) is 4.98 Å². The van der Waals surface area contributed by atoms with Crippen LogP contribution < -0.4 is 9.46 Å². The second-order valence-electron chi connectivity index (χ2n) is 7.29. The van der Waals surface area contributed by atoms with E-state index < -0.39 is 0 Å². The van der Waals surface area contributed by atoms with Crippen LogP contribution in [0.3, 0.4) is 0 Å². The van der Waals surface area contributed by atoms with Crippen LogP contribution in [0.1, 0.15) is 47.1 Å². The number of rotatable bonds is 5. The summed E-state index contributed by atoms with van der Waals surface area (Å²) >= 11 is 7.76. The molecule has 1 heterocycles. The summed E-state index contributed by atoms with van der Waals surface area (Å²) in [6.45, 7) is 13.4. The van der Waals surface area contributed by atoms with Crippen molar-refractivity contribution in [3.05, 3.63) is 23.0 Å². The maximum Gasteiger partial charge on any atom is 0.171 e. The summed E-state index contributed by atoms with van der Waals surface area (Å²) in [5, 5.41) is 0.408. The highest BCUT2D eigenvalue weighted by Gasteiger charge is 2.27. The van der Waals surface area contributed by atoms with Gasteiger partial charge in [0.25, 0.3) is 0 Å². The molecule has 0 saturated carbocycles. The van der Waals surface area contributed by atoms with E-state index in [0.717, 1.165) is 12.0 Å². The van der Waals surface area contributed by atoms with Crippen molar-refractivity contribution in [3.8, 4) is 5.75 Å². The molecule has 0 aliphatic heterocycles. The van der Waals surface area contributed by atoms with Gasteiger partial charge in [0, 0.05) is 17.0 Å². The smallest absolute Gasteiger partial charge is 0.171 e. The molecule has 0 unspecified atom stereocenters. The number of aromatic nitrogens is 1. The monoisotopic (exact) mass is 330 g/mol. The molecule has 0 bridgehead atoms. The Morgan fingerprint density at radius 1 is 1.29 bits per heavy atom. The van der Waals surface area contributed by atoms with E-state index in [9.17, 15) is 0 Å². The quantitative estimate of drug-likeness (QED) is 0.624. The third-order valence-electron chi connectivity index (χ3n) is 3.08. The van der Waals surface area contributed by atoms with Gasteiger partial charge in [-0.05, 0) is 44.2 Å². The van der Waals surface area contributed by atoms with Gasteiger partial charge in [-0.1, -0.05) is 44.3 Å². The van der Waals surface area contributed by atoms with Crippen molar-refractivity contribution >= 4 is 23.5 Å². The molecule has 5 heteroatoms. The van der Waals surface area contributed by atoms with Gasteiger partial charge in [0.1, 0.15) is 0 Å². The standard InChI is InChI=1S/C16H27ClN2OS/c1-15(2,3)13(19-21-16(4,5)6)9-11-8-12(20-7)14(17)18-10-11/h8,10,13,19H,9H2,1-7H3/t13-/m0/s1. The topological polar surface area (TPSA) is 34.1 Å². The van der Waals surface area contributed by atoms with Crippen LogP contribution in [0, 0.1) is 5.41 Å². The Kier molecular flexibility index (Phi) is 6.38. The minimum Gasteiger partial charge on any atom is -0.494 e. The van der Waals surface area contributed by atoms with E-state index in [1.807, 2.05) is 12.3 Å². The van der Waals surface area contributed by atoms with Crippen molar-refractivity contribution < 1.29 is 4.74 Å². The molecule has 1 rings (SSSR count). The number of nitrogens with zero attached hydrogens (tertiary/aromatic N) is 1. The highest BCUT2D eigenvalue weighted by molar-refractivity contribution is 7.98. The first-order chi connectivity index (χ1) is 9.53. The van der Waals surface area contributed by atoms with E-state index in [4.69, 9.17) is 16.3 Å². The lowest BCUT2D eigenvalue weighted by atomic mass is 9.84.